The van der Waals surface area contributed by atoms with Crippen LogP contribution in [0.2, 0.25) is 0 Å². The maximum Gasteiger partial charge on any atom is 0.183 e. The zero-order valence-corrected chi connectivity index (χ0v) is 9.83. The summed E-state index contributed by atoms with van der Waals surface area (Å²) in [6.45, 7) is 0.741. The molecule has 2 N–H and O–H groups in total. The molecule has 0 saturated heterocycles. The third-order valence-corrected chi connectivity index (χ3v) is 2.63. The lowest BCUT2D eigenvalue weighted by atomic mass is 10.3. The van der Waals surface area contributed by atoms with Gasteiger partial charge in [-0.15, -0.1) is 5.10 Å². The van der Waals surface area contributed by atoms with E-state index >= 15 is 0 Å². The lowest BCUT2D eigenvalue weighted by Crippen LogP contribution is -2.07. The Balaban J connectivity index is 1.74. The van der Waals surface area contributed by atoms with Crippen LogP contribution in [0.5, 0.6) is 0 Å². The Morgan fingerprint density at radius 2 is 2.33 bits per heavy atom. The summed E-state index contributed by atoms with van der Waals surface area (Å²) < 4.78 is 1.62. The summed E-state index contributed by atoms with van der Waals surface area (Å²) >= 11 is 0. The summed E-state index contributed by atoms with van der Waals surface area (Å²) in [5.41, 5.74) is 2.48. The first-order chi connectivity index (χ1) is 8.84. The highest BCUT2D eigenvalue weighted by molar-refractivity contribution is 5.81. The van der Waals surface area contributed by atoms with Crippen molar-refractivity contribution in [1.82, 2.24) is 35.2 Å². The van der Waals surface area contributed by atoms with Crippen LogP contribution in [0.15, 0.2) is 18.6 Å². The minimum absolute atomic E-state index is 0.685. The molecular formula is C10H12N8. The van der Waals surface area contributed by atoms with Crippen molar-refractivity contribution in [1.29, 1.82) is 0 Å². The van der Waals surface area contributed by atoms with Gasteiger partial charge in [0.15, 0.2) is 17.0 Å². The molecule has 3 rings (SSSR count). The fourth-order valence-electron chi connectivity index (χ4n) is 1.72. The summed E-state index contributed by atoms with van der Waals surface area (Å²) in [6.07, 6.45) is 4.08. The highest BCUT2D eigenvalue weighted by Gasteiger charge is 2.08. The van der Waals surface area contributed by atoms with Gasteiger partial charge in [-0.25, -0.2) is 14.6 Å². The second-order valence-electron chi connectivity index (χ2n) is 3.87. The van der Waals surface area contributed by atoms with Gasteiger partial charge in [-0.05, 0) is 6.07 Å². The third-order valence-electron chi connectivity index (χ3n) is 2.63. The van der Waals surface area contributed by atoms with Crippen LogP contribution in [0.25, 0.3) is 11.2 Å². The molecule has 0 spiro atoms. The number of aryl methyl sites for hydroxylation is 1. The van der Waals surface area contributed by atoms with Crippen molar-refractivity contribution < 1.29 is 0 Å². The molecular weight excluding hydrogens is 232 g/mol. The van der Waals surface area contributed by atoms with Crippen LogP contribution >= 0.6 is 0 Å². The van der Waals surface area contributed by atoms with Gasteiger partial charge in [0.25, 0.3) is 0 Å². The molecule has 0 aromatic carbocycles. The number of nitrogens with one attached hydrogen (secondary N) is 2. The zero-order chi connectivity index (χ0) is 12.4. The number of rotatable bonds is 4. The highest BCUT2D eigenvalue weighted by Crippen LogP contribution is 2.14. The van der Waals surface area contributed by atoms with Gasteiger partial charge in [-0.3, -0.25) is 5.10 Å². The topological polar surface area (TPSA) is 97.2 Å². The molecule has 0 saturated carbocycles. The van der Waals surface area contributed by atoms with Gasteiger partial charge in [0.2, 0.25) is 0 Å². The van der Waals surface area contributed by atoms with Crippen LogP contribution in [0.3, 0.4) is 0 Å². The predicted octanol–water partition coefficient (Wildman–Crippen LogP) is 0.136. The lowest BCUT2D eigenvalue weighted by Gasteiger charge is -2.03. The standard InChI is InChI=1S/C10H12N8/c1-18-10-8(16-17-18)9(12-6-13-10)11-4-2-7-3-5-14-15-7/h3,5-6H,2,4H2,1H3,(H,14,15)(H,11,12,13). The molecule has 8 heteroatoms. The molecule has 3 aromatic rings. The molecule has 0 radical (unpaired) electrons. The number of aromatic nitrogens is 7. The smallest absolute Gasteiger partial charge is 0.183 e. The van der Waals surface area contributed by atoms with E-state index in [0.29, 0.717) is 17.0 Å². The normalized spacial score (nSPS) is 10.9. The van der Waals surface area contributed by atoms with Gasteiger partial charge in [0, 0.05) is 31.9 Å². The fraction of sp³-hybridized carbons (Fsp3) is 0.300. The number of hydrogen-bond acceptors (Lipinski definition) is 6. The van der Waals surface area contributed by atoms with Crippen LogP contribution in [-0.4, -0.2) is 41.7 Å². The Hall–Kier alpha value is -2.51. The Kier molecular flexibility index (Phi) is 2.60. The molecule has 0 amide bonds. The summed E-state index contributed by atoms with van der Waals surface area (Å²) in [5, 5.41) is 18.0. The van der Waals surface area contributed by atoms with E-state index < -0.39 is 0 Å². The molecule has 0 aliphatic rings. The minimum Gasteiger partial charge on any atom is -0.368 e. The fourth-order valence-corrected chi connectivity index (χ4v) is 1.72. The Morgan fingerprint density at radius 1 is 1.39 bits per heavy atom. The van der Waals surface area contributed by atoms with Crippen molar-refractivity contribution in [3.63, 3.8) is 0 Å². The summed E-state index contributed by atoms with van der Waals surface area (Å²) in [6, 6.07) is 1.94. The lowest BCUT2D eigenvalue weighted by molar-refractivity contribution is 0.729. The third kappa shape index (κ3) is 1.88. The number of hydrogen-bond donors (Lipinski definition) is 2. The van der Waals surface area contributed by atoms with E-state index in [0.717, 1.165) is 18.7 Å². The molecule has 3 aromatic heterocycles. The van der Waals surface area contributed by atoms with Gasteiger partial charge in [0.05, 0.1) is 0 Å². The molecule has 18 heavy (non-hydrogen) atoms. The van der Waals surface area contributed by atoms with E-state index in [4.69, 9.17) is 0 Å². The summed E-state index contributed by atoms with van der Waals surface area (Å²) in [5.74, 6) is 0.701. The van der Waals surface area contributed by atoms with Crippen molar-refractivity contribution in [2.24, 2.45) is 7.05 Å². The minimum atomic E-state index is 0.685. The van der Waals surface area contributed by atoms with E-state index in [1.54, 1.807) is 17.9 Å². The van der Waals surface area contributed by atoms with Gasteiger partial charge >= 0.3 is 0 Å². The van der Waals surface area contributed by atoms with Crippen molar-refractivity contribution >= 4 is 17.0 Å². The SMILES string of the molecule is Cn1nnc2c(NCCc3ccn[nH]3)ncnc21. The molecule has 0 fully saturated rings. The summed E-state index contributed by atoms with van der Waals surface area (Å²) in [7, 11) is 1.80. The van der Waals surface area contributed by atoms with Gasteiger partial charge in [0.1, 0.15) is 6.33 Å². The molecule has 8 nitrogen and oxygen atoms in total. The molecule has 0 atom stereocenters. The number of nitrogens with zero attached hydrogens (tertiary/aromatic N) is 6. The predicted molar refractivity (Wildman–Crippen MR) is 64.9 cm³/mol. The Morgan fingerprint density at radius 3 is 3.17 bits per heavy atom. The van der Waals surface area contributed by atoms with E-state index in [2.05, 4.69) is 35.8 Å². The maximum atomic E-state index is 4.18. The van der Waals surface area contributed by atoms with Crippen molar-refractivity contribution in [2.45, 2.75) is 6.42 Å². The monoisotopic (exact) mass is 244 g/mol. The average molecular weight is 244 g/mol. The van der Waals surface area contributed by atoms with Crippen LogP contribution in [-0.2, 0) is 13.5 Å². The summed E-state index contributed by atoms with van der Waals surface area (Å²) in [4.78, 5) is 8.31. The molecule has 0 aliphatic carbocycles. The van der Waals surface area contributed by atoms with Crippen molar-refractivity contribution in [2.75, 3.05) is 11.9 Å². The van der Waals surface area contributed by atoms with Crippen LogP contribution in [0.1, 0.15) is 5.69 Å². The first kappa shape index (κ1) is 10.6. The first-order valence-corrected chi connectivity index (χ1v) is 5.57. The second-order valence-corrected chi connectivity index (χ2v) is 3.87. The van der Waals surface area contributed by atoms with Gasteiger partial charge < -0.3 is 5.32 Å². The number of H-pyrrole nitrogens is 1. The number of aromatic amines is 1. The molecule has 3 heterocycles. The van der Waals surface area contributed by atoms with E-state index in [1.807, 2.05) is 6.07 Å². The van der Waals surface area contributed by atoms with E-state index in [1.165, 1.54) is 6.33 Å². The van der Waals surface area contributed by atoms with E-state index in [-0.39, 0.29) is 0 Å². The van der Waals surface area contributed by atoms with Crippen LogP contribution < -0.4 is 5.32 Å². The van der Waals surface area contributed by atoms with Crippen LogP contribution in [0.4, 0.5) is 5.82 Å². The average Bonchev–Trinajstić information content (AvgIpc) is 3.01. The maximum absolute atomic E-state index is 4.18. The van der Waals surface area contributed by atoms with Crippen LogP contribution in [0, 0.1) is 0 Å². The molecule has 0 aliphatic heterocycles. The Labute approximate surface area is 102 Å². The largest absolute Gasteiger partial charge is 0.368 e. The quantitative estimate of drug-likeness (QED) is 0.677. The van der Waals surface area contributed by atoms with Gasteiger partial charge in [-0.1, -0.05) is 5.21 Å². The second kappa shape index (κ2) is 4.40. The van der Waals surface area contributed by atoms with Crippen molar-refractivity contribution in [3.8, 4) is 0 Å². The molecule has 0 unspecified atom stereocenters. The number of fused-ring (bicyclic) bond motifs is 1. The Bertz CT molecular complexity index is 641. The highest BCUT2D eigenvalue weighted by atomic mass is 15.4. The van der Waals surface area contributed by atoms with Crippen molar-refractivity contribution in [3.05, 3.63) is 24.3 Å². The van der Waals surface area contributed by atoms with Gasteiger partial charge in [-0.2, -0.15) is 5.10 Å². The van der Waals surface area contributed by atoms with E-state index in [9.17, 15) is 0 Å². The molecule has 0 bridgehead atoms. The number of anilines is 1. The zero-order valence-electron chi connectivity index (χ0n) is 9.83. The first-order valence-electron chi connectivity index (χ1n) is 5.57. The molecule has 92 valence electrons.